The lowest BCUT2D eigenvalue weighted by molar-refractivity contribution is -0.385. The number of nitrogens with zero attached hydrogens (tertiary/aromatic N) is 3. The van der Waals surface area contributed by atoms with E-state index in [4.69, 9.17) is 21.1 Å². The lowest BCUT2D eigenvalue weighted by Gasteiger charge is -2.34. The molecule has 0 aliphatic carbocycles. The van der Waals surface area contributed by atoms with Gasteiger partial charge in [-0.3, -0.25) is 19.8 Å². The van der Waals surface area contributed by atoms with Crippen molar-refractivity contribution in [1.29, 1.82) is 0 Å². The number of carbonyl (C=O) groups is 1. The molecule has 154 valence electrons. The zero-order valence-electron chi connectivity index (χ0n) is 16.0. The summed E-state index contributed by atoms with van der Waals surface area (Å²) >= 11 is 6.07. The van der Waals surface area contributed by atoms with Gasteiger partial charge in [0.25, 0.3) is 5.91 Å². The van der Waals surface area contributed by atoms with E-state index in [-0.39, 0.29) is 22.9 Å². The molecule has 0 unspecified atom stereocenters. The first-order valence-electron chi connectivity index (χ1n) is 9.21. The number of para-hydroxylation sites is 1. The van der Waals surface area contributed by atoms with Crippen molar-refractivity contribution >= 4 is 23.2 Å². The zero-order valence-corrected chi connectivity index (χ0v) is 16.8. The van der Waals surface area contributed by atoms with Crippen LogP contribution < -0.4 is 9.47 Å². The molecule has 0 radical (unpaired) electrons. The van der Waals surface area contributed by atoms with E-state index in [0.717, 1.165) is 6.54 Å². The Labute approximate surface area is 173 Å². The Morgan fingerprint density at radius 1 is 1.14 bits per heavy atom. The van der Waals surface area contributed by atoms with Crippen molar-refractivity contribution in [2.45, 2.75) is 0 Å². The summed E-state index contributed by atoms with van der Waals surface area (Å²) in [6.45, 7) is 3.73. The summed E-state index contributed by atoms with van der Waals surface area (Å²) in [7, 11) is 1.36. The molecule has 0 atom stereocenters. The Morgan fingerprint density at radius 2 is 1.86 bits per heavy atom. The number of hydrogen-bond acceptors (Lipinski definition) is 6. The Bertz CT molecular complexity index is 884. The fraction of sp³-hybridized carbons (Fsp3) is 0.350. The van der Waals surface area contributed by atoms with Gasteiger partial charge in [-0.25, -0.2) is 0 Å². The number of rotatable bonds is 7. The van der Waals surface area contributed by atoms with E-state index in [1.54, 1.807) is 17.0 Å². The van der Waals surface area contributed by atoms with E-state index in [9.17, 15) is 14.9 Å². The minimum Gasteiger partial charge on any atom is -0.491 e. The fourth-order valence-electron chi connectivity index (χ4n) is 3.17. The predicted molar refractivity (Wildman–Crippen MR) is 109 cm³/mol. The normalized spacial score (nSPS) is 14.5. The van der Waals surface area contributed by atoms with Crippen molar-refractivity contribution in [2.24, 2.45) is 0 Å². The van der Waals surface area contributed by atoms with Crippen LogP contribution in [0.2, 0.25) is 5.02 Å². The third-order valence-electron chi connectivity index (χ3n) is 4.78. The average Bonchev–Trinajstić information content (AvgIpc) is 2.74. The van der Waals surface area contributed by atoms with E-state index in [0.29, 0.717) is 43.6 Å². The average molecular weight is 420 g/mol. The Hall–Kier alpha value is -2.84. The molecule has 2 aromatic carbocycles. The lowest BCUT2D eigenvalue weighted by atomic mass is 10.1. The molecule has 0 N–H and O–H groups in total. The molecule has 1 saturated heterocycles. The number of amides is 1. The van der Waals surface area contributed by atoms with Gasteiger partial charge in [-0.1, -0.05) is 23.7 Å². The summed E-state index contributed by atoms with van der Waals surface area (Å²) in [6.07, 6.45) is 0. The molecule has 0 spiro atoms. The first kappa shape index (κ1) is 20.9. The van der Waals surface area contributed by atoms with Gasteiger partial charge >= 0.3 is 5.69 Å². The van der Waals surface area contributed by atoms with Crippen molar-refractivity contribution in [2.75, 3.05) is 46.4 Å². The van der Waals surface area contributed by atoms with E-state index in [1.165, 1.54) is 19.2 Å². The van der Waals surface area contributed by atoms with Crippen molar-refractivity contribution < 1.29 is 19.2 Å². The SMILES string of the molecule is COc1ccc(C(=O)N2CCN(CCOc3ccccc3Cl)CC2)cc1[N+](=O)[O-]. The second-order valence-electron chi connectivity index (χ2n) is 6.56. The topological polar surface area (TPSA) is 85.2 Å². The number of methoxy groups -OCH3 is 1. The number of piperazine rings is 1. The second kappa shape index (κ2) is 9.58. The van der Waals surface area contributed by atoms with Crippen molar-refractivity contribution in [1.82, 2.24) is 9.80 Å². The molecule has 1 fully saturated rings. The van der Waals surface area contributed by atoms with Gasteiger partial charge in [-0.05, 0) is 24.3 Å². The minimum absolute atomic E-state index is 0.134. The number of hydrogen-bond donors (Lipinski definition) is 0. The molecular weight excluding hydrogens is 398 g/mol. The molecule has 0 bridgehead atoms. The van der Waals surface area contributed by atoms with Gasteiger partial charge in [0, 0.05) is 44.4 Å². The van der Waals surface area contributed by atoms with Crippen molar-refractivity contribution in [3.63, 3.8) is 0 Å². The number of carbonyl (C=O) groups excluding carboxylic acids is 1. The predicted octanol–water partition coefficient (Wildman–Crippen LogP) is 3.09. The highest BCUT2D eigenvalue weighted by molar-refractivity contribution is 6.32. The highest BCUT2D eigenvalue weighted by atomic mass is 35.5. The zero-order chi connectivity index (χ0) is 20.8. The standard InChI is InChI=1S/C20H22ClN3O5/c1-28-19-7-6-15(14-17(19)24(26)27)20(25)23-10-8-22(9-11-23)12-13-29-18-5-3-2-4-16(18)21/h2-7,14H,8-13H2,1H3. The number of benzene rings is 2. The highest BCUT2D eigenvalue weighted by Crippen LogP contribution is 2.28. The summed E-state index contributed by atoms with van der Waals surface area (Å²) in [6, 6.07) is 11.6. The molecule has 0 aromatic heterocycles. The Morgan fingerprint density at radius 3 is 2.52 bits per heavy atom. The highest BCUT2D eigenvalue weighted by Gasteiger charge is 2.25. The van der Waals surface area contributed by atoms with Crippen LogP contribution in [0, 0.1) is 10.1 Å². The first-order valence-corrected chi connectivity index (χ1v) is 9.59. The third kappa shape index (κ3) is 5.16. The maximum absolute atomic E-state index is 12.7. The van der Waals surface area contributed by atoms with Crippen LogP contribution in [-0.2, 0) is 0 Å². The molecule has 0 saturated carbocycles. The lowest BCUT2D eigenvalue weighted by Crippen LogP contribution is -2.49. The molecule has 1 amide bonds. The maximum Gasteiger partial charge on any atom is 0.311 e. The molecule has 1 heterocycles. The van der Waals surface area contributed by atoms with E-state index < -0.39 is 4.92 Å². The number of nitro benzene ring substituents is 1. The van der Waals surface area contributed by atoms with Crippen LogP contribution in [-0.4, -0.2) is 67.1 Å². The second-order valence-corrected chi connectivity index (χ2v) is 6.96. The number of nitro groups is 1. The first-order chi connectivity index (χ1) is 14.0. The largest absolute Gasteiger partial charge is 0.491 e. The van der Waals surface area contributed by atoms with Crippen molar-refractivity contribution in [3.05, 3.63) is 63.2 Å². The van der Waals surface area contributed by atoms with Gasteiger partial charge in [0.05, 0.1) is 17.1 Å². The van der Waals surface area contributed by atoms with Crippen molar-refractivity contribution in [3.8, 4) is 11.5 Å². The molecule has 29 heavy (non-hydrogen) atoms. The van der Waals surface area contributed by atoms with Crippen LogP contribution in [0.3, 0.4) is 0 Å². The number of ether oxygens (including phenoxy) is 2. The smallest absolute Gasteiger partial charge is 0.311 e. The van der Waals surface area contributed by atoms with Gasteiger partial charge in [0.2, 0.25) is 0 Å². The summed E-state index contributed by atoms with van der Waals surface area (Å²) in [5.41, 5.74) is 0.0710. The van der Waals surface area contributed by atoms with E-state index in [1.807, 2.05) is 18.2 Å². The van der Waals surface area contributed by atoms with Crippen LogP contribution in [0.4, 0.5) is 5.69 Å². The maximum atomic E-state index is 12.7. The molecule has 8 nitrogen and oxygen atoms in total. The van der Waals surface area contributed by atoms with Crippen LogP contribution >= 0.6 is 11.6 Å². The molecule has 9 heteroatoms. The Kier molecular flexibility index (Phi) is 6.90. The van der Waals surface area contributed by atoms with Gasteiger partial charge in [0.1, 0.15) is 12.4 Å². The fourth-order valence-corrected chi connectivity index (χ4v) is 3.36. The van der Waals surface area contributed by atoms with Gasteiger partial charge in [-0.2, -0.15) is 0 Å². The molecule has 3 rings (SSSR count). The summed E-state index contributed by atoms with van der Waals surface area (Å²) in [4.78, 5) is 27.3. The third-order valence-corrected chi connectivity index (χ3v) is 5.10. The molecular formula is C20H22ClN3O5. The van der Waals surface area contributed by atoms with Crippen LogP contribution in [0.1, 0.15) is 10.4 Å². The Balaban J connectivity index is 1.51. The van der Waals surface area contributed by atoms with Crippen LogP contribution in [0.25, 0.3) is 0 Å². The van der Waals surface area contributed by atoms with E-state index >= 15 is 0 Å². The van der Waals surface area contributed by atoms with Crippen LogP contribution in [0.5, 0.6) is 11.5 Å². The summed E-state index contributed by atoms with van der Waals surface area (Å²) < 4.78 is 10.7. The van der Waals surface area contributed by atoms with E-state index in [2.05, 4.69) is 4.90 Å². The molecule has 2 aromatic rings. The molecule has 1 aliphatic heterocycles. The van der Waals surface area contributed by atoms with Gasteiger partial charge in [0.15, 0.2) is 5.75 Å². The van der Waals surface area contributed by atoms with Gasteiger partial charge < -0.3 is 14.4 Å². The number of halogens is 1. The summed E-state index contributed by atoms with van der Waals surface area (Å²) in [5.74, 6) is 0.571. The summed E-state index contributed by atoms with van der Waals surface area (Å²) in [5, 5.41) is 11.8. The van der Waals surface area contributed by atoms with Gasteiger partial charge in [-0.15, -0.1) is 0 Å². The monoisotopic (exact) mass is 419 g/mol. The minimum atomic E-state index is -0.549. The quantitative estimate of drug-likeness (QED) is 0.506. The van der Waals surface area contributed by atoms with Crippen LogP contribution in [0.15, 0.2) is 42.5 Å². The molecule has 1 aliphatic rings.